The fourth-order valence-corrected chi connectivity index (χ4v) is 1.33. The molecule has 0 bridgehead atoms. The largest absolute Gasteiger partial charge is 0.489 e. The summed E-state index contributed by atoms with van der Waals surface area (Å²) in [7, 11) is 0. The molecule has 0 aliphatic carbocycles. The first-order chi connectivity index (χ1) is 6.15. The van der Waals surface area contributed by atoms with E-state index in [-0.39, 0.29) is 13.2 Å². The van der Waals surface area contributed by atoms with Crippen molar-refractivity contribution in [2.45, 2.75) is 13.8 Å². The van der Waals surface area contributed by atoms with Gasteiger partial charge in [0.1, 0.15) is 12.4 Å². The van der Waals surface area contributed by atoms with E-state index in [0.717, 1.165) is 11.1 Å². The van der Waals surface area contributed by atoms with Gasteiger partial charge in [0.25, 0.3) is 0 Å². The summed E-state index contributed by atoms with van der Waals surface area (Å²) >= 11 is 0. The molecule has 0 fully saturated rings. The van der Waals surface area contributed by atoms with Gasteiger partial charge in [-0.2, -0.15) is 0 Å². The van der Waals surface area contributed by atoms with Crippen molar-refractivity contribution in [3.05, 3.63) is 23.3 Å². The second-order valence-corrected chi connectivity index (χ2v) is 3.07. The van der Waals surface area contributed by atoms with Crippen molar-refractivity contribution < 1.29 is 9.84 Å². The second-order valence-electron chi connectivity index (χ2n) is 3.07. The van der Waals surface area contributed by atoms with Crippen molar-refractivity contribution in [3.8, 4) is 5.75 Å². The van der Waals surface area contributed by atoms with E-state index in [1.165, 1.54) is 0 Å². The maximum Gasteiger partial charge on any atom is 0.145 e. The molecule has 1 aromatic rings. The number of benzene rings is 1. The van der Waals surface area contributed by atoms with Crippen LogP contribution in [-0.2, 0) is 0 Å². The number of anilines is 1. The molecule has 13 heavy (non-hydrogen) atoms. The highest BCUT2D eigenvalue weighted by atomic mass is 16.5. The number of ether oxygens (including phenoxy) is 1. The Labute approximate surface area is 78.1 Å². The Balaban J connectivity index is 2.92. The Morgan fingerprint density at radius 3 is 2.62 bits per heavy atom. The molecule has 72 valence electrons. The molecule has 0 radical (unpaired) electrons. The minimum absolute atomic E-state index is 0.00670. The Hall–Kier alpha value is -1.22. The van der Waals surface area contributed by atoms with E-state index in [4.69, 9.17) is 15.6 Å². The van der Waals surface area contributed by atoms with E-state index in [1.807, 2.05) is 26.0 Å². The van der Waals surface area contributed by atoms with Crippen LogP contribution in [0.1, 0.15) is 11.1 Å². The number of aliphatic hydroxyl groups is 1. The number of hydrogen-bond donors (Lipinski definition) is 2. The summed E-state index contributed by atoms with van der Waals surface area (Å²) in [5.41, 5.74) is 8.51. The van der Waals surface area contributed by atoms with Gasteiger partial charge >= 0.3 is 0 Å². The predicted octanol–water partition coefficient (Wildman–Crippen LogP) is 1.26. The Bertz CT molecular complexity index is 274. The first-order valence-corrected chi connectivity index (χ1v) is 4.25. The van der Waals surface area contributed by atoms with E-state index in [0.29, 0.717) is 11.4 Å². The third kappa shape index (κ3) is 2.36. The van der Waals surface area contributed by atoms with Crippen molar-refractivity contribution in [1.29, 1.82) is 0 Å². The molecule has 0 aromatic heterocycles. The first kappa shape index (κ1) is 9.86. The van der Waals surface area contributed by atoms with Gasteiger partial charge in [-0.05, 0) is 31.0 Å². The molecule has 0 spiro atoms. The zero-order chi connectivity index (χ0) is 9.84. The van der Waals surface area contributed by atoms with Crippen LogP contribution in [0.25, 0.3) is 0 Å². The molecule has 3 nitrogen and oxygen atoms in total. The Morgan fingerprint density at radius 1 is 1.38 bits per heavy atom. The fourth-order valence-electron chi connectivity index (χ4n) is 1.33. The number of rotatable bonds is 3. The number of nitrogens with two attached hydrogens (primary N) is 1. The summed E-state index contributed by atoms with van der Waals surface area (Å²) in [6.07, 6.45) is 0. The zero-order valence-electron chi connectivity index (χ0n) is 8.00. The van der Waals surface area contributed by atoms with Gasteiger partial charge in [0.05, 0.1) is 12.3 Å². The van der Waals surface area contributed by atoms with Crippen LogP contribution >= 0.6 is 0 Å². The smallest absolute Gasteiger partial charge is 0.145 e. The molecule has 3 heteroatoms. The highest BCUT2D eigenvalue weighted by Crippen LogP contribution is 2.27. The van der Waals surface area contributed by atoms with Gasteiger partial charge in [-0.25, -0.2) is 0 Å². The maximum atomic E-state index is 8.60. The van der Waals surface area contributed by atoms with Crippen LogP contribution in [0.5, 0.6) is 5.75 Å². The van der Waals surface area contributed by atoms with Gasteiger partial charge in [0.2, 0.25) is 0 Å². The topological polar surface area (TPSA) is 55.5 Å². The molecule has 1 rings (SSSR count). The van der Waals surface area contributed by atoms with Gasteiger partial charge < -0.3 is 15.6 Å². The molecule has 0 amide bonds. The molecule has 1 aromatic carbocycles. The molecule has 3 N–H and O–H groups in total. The number of aryl methyl sites for hydroxylation is 2. The van der Waals surface area contributed by atoms with Gasteiger partial charge in [0.15, 0.2) is 0 Å². The molecular weight excluding hydrogens is 166 g/mol. The number of aliphatic hydroxyl groups excluding tert-OH is 1. The SMILES string of the molecule is Cc1cc(C)c(OCCO)c(N)c1. The molecule has 0 heterocycles. The summed E-state index contributed by atoms with van der Waals surface area (Å²) in [4.78, 5) is 0. The van der Waals surface area contributed by atoms with E-state index in [1.54, 1.807) is 0 Å². The molecule has 0 saturated heterocycles. The number of nitrogen functional groups attached to an aromatic ring is 1. The van der Waals surface area contributed by atoms with E-state index in [2.05, 4.69) is 0 Å². The van der Waals surface area contributed by atoms with Crippen LogP contribution in [0, 0.1) is 13.8 Å². The summed E-state index contributed by atoms with van der Waals surface area (Å²) < 4.78 is 5.30. The minimum Gasteiger partial charge on any atom is -0.489 e. The van der Waals surface area contributed by atoms with E-state index < -0.39 is 0 Å². The van der Waals surface area contributed by atoms with Gasteiger partial charge in [-0.1, -0.05) is 6.07 Å². The van der Waals surface area contributed by atoms with E-state index in [9.17, 15) is 0 Å². The standard InChI is InChI=1S/C10H15NO2/c1-7-5-8(2)10(9(11)6-7)13-4-3-12/h5-6,12H,3-4,11H2,1-2H3. The third-order valence-electron chi connectivity index (χ3n) is 1.79. The average molecular weight is 181 g/mol. The van der Waals surface area contributed by atoms with Crippen LogP contribution < -0.4 is 10.5 Å². The van der Waals surface area contributed by atoms with Crippen LogP contribution in [0.4, 0.5) is 5.69 Å². The summed E-state index contributed by atoms with van der Waals surface area (Å²) in [6.45, 7) is 4.22. The van der Waals surface area contributed by atoms with Crippen molar-refractivity contribution in [2.75, 3.05) is 18.9 Å². The van der Waals surface area contributed by atoms with Crippen molar-refractivity contribution >= 4 is 5.69 Å². The van der Waals surface area contributed by atoms with Gasteiger partial charge in [0, 0.05) is 0 Å². The lowest BCUT2D eigenvalue weighted by Gasteiger charge is -2.11. The minimum atomic E-state index is 0.00670. The lowest BCUT2D eigenvalue weighted by atomic mass is 10.1. The highest BCUT2D eigenvalue weighted by molar-refractivity contribution is 5.58. The van der Waals surface area contributed by atoms with E-state index >= 15 is 0 Å². The van der Waals surface area contributed by atoms with Gasteiger partial charge in [-0.3, -0.25) is 0 Å². The van der Waals surface area contributed by atoms with Gasteiger partial charge in [-0.15, -0.1) is 0 Å². The zero-order valence-corrected chi connectivity index (χ0v) is 8.00. The molecule has 0 unspecified atom stereocenters. The van der Waals surface area contributed by atoms with Crippen molar-refractivity contribution in [1.82, 2.24) is 0 Å². The first-order valence-electron chi connectivity index (χ1n) is 4.25. The van der Waals surface area contributed by atoms with Crippen LogP contribution in [0.2, 0.25) is 0 Å². The molecule has 0 aliphatic rings. The summed E-state index contributed by atoms with van der Waals surface area (Å²) in [6, 6.07) is 3.86. The third-order valence-corrected chi connectivity index (χ3v) is 1.79. The lowest BCUT2D eigenvalue weighted by molar-refractivity contribution is 0.201. The van der Waals surface area contributed by atoms with Crippen molar-refractivity contribution in [2.24, 2.45) is 0 Å². The summed E-state index contributed by atoms with van der Waals surface area (Å²) in [5, 5.41) is 8.60. The van der Waals surface area contributed by atoms with Crippen molar-refractivity contribution in [3.63, 3.8) is 0 Å². The average Bonchev–Trinajstić information content (AvgIpc) is 2.02. The van der Waals surface area contributed by atoms with Crippen LogP contribution in [0.3, 0.4) is 0 Å². The molecule has 0 atom stereocenters. The quantitative estimate of drug-likeness (QED) is 0.690. The molecule has 0 aliphatic heterocycles. The monoisotopic (exact) mass is 181 g/mol. The van der Waals surface area contributed by atoms with Crippen LogP contribution in [0.15, 0.2) is 12.1 Å². The Kier molecular flexibility index (Phi) is 3.14. The Morgan fingerprint density at radius 2 is 2.08 bits per heavy atom. The number of hydrogen-bond acceptors (Lipinski definition) is 3. The highest BCUT2D eigenvalue weighted by Gasteiger charge is 2.04. The summed E-state index contributed by atoms with van der Waals surface area (Å²) in [5.74, 6) is 0.680. The molecule has 0 saturated carbocycles. The maximum absolute atomic E-state index is 8.60. The second kappa shape index (κ2) is 4.14. The fraction of sp³-hybridized carbons (Fsp3) is 0.400. The lowest BCUT2D eigenvalue weighted by Crippen LogP contribution is -2.05. The molecular formula is C10H15NO2. The predicted molar refractivity (Wildman–Crippen MR) is 52.9 cm³/mol. The van der Waals surface area contributed by atoms with Crippen LogP contribution in [-0.4, -0.2) is 18.3 Å². The normalized spacial score (nSPS) is 10.1.